The number of nitrogens with zero attached hydrogens (tertiary/aromatic N) is 2. The van der Waals surface area contributed by atoms with Crippen LogP contribution < -0.4 is 11.3 Å². The molecule has 3 N–H and O–H groups in total. The molecule has 0 amide bonds. The van der Waals surface area contributed by atoms with E-state index in [4.69, 9.17) is 5.84 Å². The summed E-state index contributed by atoms with van der Waals surface area (Å²) in [6, 6.07) is 1.27. The summed E-state index contributed by atoms with van der Waals surface area (Å²) in [5.41, 5.74) is 2.12. The highest BCUT2D eigenvalue weighted by Crippen LogP contribution is 2.26. The van der Waals surface area contributed by atoms with Gasteiger partial charge in [-0.25, -0.2) is 8.42 Å². The molecule has 0 bridgehead atoms. The lowest BCUT2D eigenvalue weighted by molar-refractivity contribution is -0.136. The molecule has 0 atom stereocenters. The van der Waals surface area contributed by atoms with Crippen LogP contribution in [-0.4, -0.2) is 37.0 Å². The van der Waals surface area contributed by atoms with E-state index in [2.05, 4.69) is 10.4 Å². The zero-order valence-electron chi connectivity index (χ0n) is 10.7. The molecule has 0 radical (unpaired) electrons. The molecule has 114 valence electrons. The Morgan fingerprint density at radius 3 is 2.60 bits per heavy atom. The zero-order chi connectivity index (χ0) is 15.4. The predicted octanol–water partition coefficient (Wildman–Crippen LogP) is 1.33. The number of halogens is 3. The lowest BCUT2D eigenvalue weighted by Gasteiger charge is -2.23. The maximum absolute atomic E-state index is 12.5. The van der Waals surface area contributed by atoms with Crippen LogP contribution in [-0.2, 0) is 10.0 Å². The van der Waals surface area contributed by atoms with Gasteiger partial charge in [0.1, 0.15) is 11.4 Å². The van der Waals surface area contributed by atoms with Gasteiger partial charge in [0.25, 0.3) is 0 Å². The minimum atomic E-state index is -4.62. The monoisotopic (exact) mass is 312 g/mol. The number of pyridine rings is 1. The summed E-state index contributed by atoms with van der Waals surface area (Å²) in [7, 11) is -4.33. The van der Waals surface area contributed by atoms with Crippen molar-refractivity contribution in [2.24, 2.45) is 5.84 Å². The third-order valence-electron chi connectivity index (χ3n) is 2.39. The van der Waals surface area contributed by atoms with Crippen LogP contribution in [0.4, 0.5) is 18.9 Å². The Labute approximate surface area is 114 Å². The summed E-state index contributed by atoms with van der Waals surface area (Å²) in [6.45, 7) is -0.215. The van der Waals surface area contributed by atoms with Crippen molar-refractivity contribution in [1.82, 2.24) is 9.29 Å². The SMILES string of the molecule is CCCN(CC(F)(F)F)S(=O)(=O)c1cnccc1NN. The van der Waals surface area contributed by atoms with Gasteiger partial charge in [-0.2, -0.15) is 17.5 Å². The first-order valence-corrected chi connectivity index (χ1v) is 7.14. The van der Waals surface area contributed by atoms with Gasteiger partial charge in [-0.15, -0.1) is 0 Å². The molecule has 0 spiro atoms. The number of hydrogen-bond donors (Lipinski definition) is 2. The smallest absolute Gasteiger partial charge is 0.323 e. The van der Waals surface area contributed by atoms with Gasteiger partial charge in [0.05, 0.1) is 5.69 Å². The Balaban J connectivity index is 3.22. The summed E-state index contributed by atoms with van der Waals surface area (Å²) >= 11 is 0. The van der Waals surface area contributed by atoms with Crippen molar-refractivity contribution in [2.45, 2.75) is 24.4 Å². The van der Waals surface area contributed by atoms with E-state index in [0.717, 1.165) is 6.20 Å². The van der Waals surface area contributed by atoms with Crippen LogP contribution in [0.3, 0.4) is 0 Å². The van der Waals surface area contributed by atoms with E-state index in [1.807, 2.05) is 0 Å². The minimum absolute atomic E-state index is 0.0109. The summed E-state index contributed by atoms with van der Waals surface area (Å²) in [6.07, 6.45) is -2.13. The van der Waals surface area contributed by atoms with Gasteiger partial charge in [0, 0.05) is 18.9 Å². The van der Waals surface area contributed by atoms with Gasteiger partial charge in [-0.1, -0.05) is 6.92 Å². The Morgan fingerprint density at radius 2 is 2.10 bits per heavy atom. The third-order valence-corrected chi connectivity index (χ3v) is 4.26. The topological polar surface area (TPSA) is 88.3 Å². The number of nitrogen functional groups attached to an aromatic ring is 1. The standard InChI is InChI=1S/C10H15F3N4O2S/c1-2-5-17(7-10(11,12)13)20(18,19)9-6-15-4-3-8(9)16-14/h3-4,6H,2,5,7,14H2,1H3,(H,15,16). The molecule has 1 aromatic rings. The van der Waals surface area contributed by atoms with Crippen molar-refractivity contribution in [3.8, 4) is 0 Å². The van der Waals surface area contributed by atoms with Gasteiger partial charge < -0.3 is 5.43 Å². The summed E-state index contributed by atoms with van der Waals surface area (Å²) < 4.78 is 62.4. The zero-order valence-corrected chi connectivity index (χ0v) is 11.5. The first-order chi connectivity index (χ1) is 9.22. The quantitative estimate of drug-likeness (QED) is 0.611. The van der Waals surface area contributed by atoms with Crippen molar-refractivity contribution in [3.63, 3.8) is 0 Å². The Hall–Kier alpha value is -1.39. The van der Waals surface area contributed by atoms with Crippen LogP contribution in [0.1, 0.15) is 13.3 Å². The number of rotatable bonds is 6. The molecular formula is C10H15F3N4O2S. The fraction of sp³-hybridized carbons (Fsp3) is 0.500. The van der Waals surface area contributed by atoms with Crippen molar-refractivity contribution in [2.75, 3.05) is 18.5 Å². The van der Waals surface area contributed by atoms with E-state index in [0.29, 0.717) is 4.31 Å². The summed E-state index contributed by atoms with van der Waals surface area (Å²) in [4.78, 5) is 3.23. The largest absolute Gasteiger partial charge is 0.402 e. The number of sulfonamides is 1. The van der Waals surface area contributed by atoms with Crippen LogP contribution in [0, 0.1) is 0 Å². The number of alkyl halides is 3. The van der Waals surface area contributed by atoms with E-state index < -0.39 is 22.7 Å². The average Bonchev–Trinajstić information content (AvgIpc) is 2.36. The normalized spacial score (nSPS) is 12.7. The molecule has 0 aliphatic rings. The first kappa shape index (κ1) is 16.7. The number of hydrazine groups is 1. The molecule has 0 saturated carbocycles. The molecule has 0 saturated heterocycles. The van der Waals surface area contributed by atoms with E-state index >= 15 is 0 Å². The van der Waals surface area contributed by atoms with Gasteiger partial charge in [0.2, 0.25) is 10.0 Å². The fourth-order valence-corrected chi connectivity index (χ4v) is 3.19. The van der Waals surface area contributed by atoms with Crippen LogP contribution >= 0.6 is 0 Å². The van der Waals surface area contributed by atoms with E-state index in [1.165, 1.54) is 12.3 Å². The average molecular weight is 312 g/mol. The fourth-order valence-electron chi connectivity index (χ4n) is 1.58. The number of nitrogens with one attached hydrogen (secondary N) is 1. The highest BCUT2D eigenvalue weighted by atomic mass is 32.2. The minimum Gasteiger partial charge on any atom is -0.323 e. The Kier molecular flexibility index (Phi) is 5.31. The number of aromatic nitrogens is 1. The van der Waals surface area contributed by atoms with Gasteiger partial charge in [0.15, 0.2) is 0 Å². The Morgan fingerprint density at radius 1 is 1.45 bits per heavy atom. The molecule has 0 aliphatic carbocycles. The second-order valence-electron chi connectivity index (χ2n) is 3.97. The third kappa shape index (κ3) is 4.05. The molecule has 0 fully saturated rings. The maximum Gasteiger partial charge on any atom is 0.402 e. The highest BCUT2D eigenvalue weighted by molar-refractivity contribution is 7.89. The molecule has 0 unspecified atom stereocenters. The van der Waals surface area contributed by atoms with Crippen LogP contribution in [0.15, 0.2) is 23.4 Å². The van der Waals surface area contributed by atoms with Gasteiger partial charge >= 0.3 is 6.18 Å². The molecule has 1 rings (SSSR count). The molecule has 0 aliphatic heterocycles. The van der Waals surface area contributed by atoms with Gasteiger partial charge in [-0.3, -0.25) is 10.8 Å². The molecule has 6 nitrogen and oxygen atoms in total. The molecule has 10 heteroatoms. The molecule has 0 aromatic carbocycles. The van der Waals surface area contributed by atoms with Gasteiger partial charge in [-0.05, 0) is 12.5 Å². The predicted molar refractivity (Wildman–Crippen MR) is 67.2 cm³/mol. The molecule has 20 heavy (non-hydrogen) atoms. The van der Waals surface area contributed by atoms with E-state index in [9.17, 15) is 21.6 Å². The van der Waals surface area contributed by atoms with Crippen LogP contribution in [0.2, 0.25) is 0 Å². The summed E-state index contributed by atoms with van der Waals surface area (Å²) in [5, 5.41) is 0. The van der Waals surface area contributed by atoms with Crippen LogP contribution in [0.5, 0.6) is 0 Å². The lowest BCUT2D eigenvalue weighted by Crippen LogP contribution is -2.39. The lowest BCUT2D eigenvalue weighted by atomic mass is 10.4. The van der Waals surface area contributed by atoms with E-state index in [-0.39, 0.29) is 23.5 Å². The van der Waals surface area contributed by atoms with E-state index in [1.54, 1.807) is 6.92 Å². The second kappa shape index (κ2) is 6.37. The molecule has 1 aromatic heterocycles. The maximum atomic E-state index is 12.5. The summed E-state index contributed by atoms with van der Waals surface area (Å²) in [5.74, 6) is 5.17. The first-order valence-electron chi connectivity index (χ1n) is 5.70. The number of nitrogens with two attached hydrogens (primary N) is 1. The molecular weight excluding hydrogens is 297 g/mol. The van der Waals surface area contributed by atoms with Crippen molar-refractivity contribution >= 4 is 15.7 Å². The molecule has 1 heterocycles. The number of anilines is 1. The highest BCUT2D eigenvalue weighted by Gasteiger charge is 2.37. The second-order valence-corrected chi connectivity index (χ2v) is 5.88. The van der Waals surface area contributed by atoms with Crippen LogP contribution in [0.25, 0.3) is 0 Å². The van der Waals surface area contributed by atoms with Crippen molar-refractivity contribution in [3.05, 3.63) is 18.5 Å². The Bertz CT molecular complexity index is 548. The number of hydrogen-bond acceptors (Lipinski definition) is 5. The van der Waals surface area contributed by atoms with Crippen molar-refractivity contribution < 1.29 is 21.6 Å². The van der Waals surface area contributed by atoms with Crippen molar-refractivity contribution in [1.29, 1.82) is 0 Å².